The van der Waals surface area contributed by atoms with Gasteiger partial charge in [0.05, 0.1) is 0 Å². The topological polar surface area (TPSA) is 12.0 Å². The number of likely N-dealkylation sites (N-methyl/N-ethyl adjacent to an activating group) is 1. The fraction of sp³-hybridized carbons (Fsp3) is 0.714. The van der Waals surface area contributed by atoms with Crippen LogP contribution in [-0.2, 0) is 0 Å². The van der Waals surface area contributed by atoms with Crippen molar-refractivity contribution in [2.24, 2.45) is 11.3 Å². The van der Waals surface area contributed by atoms with Crippen LogP contribution in [0.5, 0.6) is 0 Å². The van der Waals surface area contributed by atoms with Crippen LogP contribution in [0.3, 0.4) is 0 Å². The molecule has 1 heteroatoms. The molecule has 0 aliphatic heterocycles. The van der Waals surface area contributed by atoms with Gasteiger partial charge in [0.15, 0.2) is 0 Å². The van der Waals surface area contributed by atoms with Gasteiger partial charge in [0, 0.05) is 5.54 Å². The highest BCUT2D eigenvalue weighted by atomic mass is 14.9. The molecule has 0 saturated heterocycles. The summed E-state index contributed by atoms with van der Waals surface area (Å²) in [4.78, 5) is 0. The molecule has 0 amide bonds. The van der Waals surface area contributed by atoms with E-state index in [-0.39, 0.29) is 5.54 Å². The second-order valence-electron chi connectivity index (χ2n) is 6.10. The third-order valence-corrected chi connectivity index (χ3v) is 3.56. The summed E-state index contributed by atoms with van der Waals surface area (Å²) >= 11 is 0. The van der Waals surface area contributed by atoms with Crippen molar-refractivity contribution in [3.8, 4) is 0 Å². The van der Waals surface area contributed by atoms with Crippen molar-refractivity contribution < 1.29 is 0 Å². The molecule has 0 aromatic carbocycles. The second-order valence-corrected chi connectivity index (χ2v) is 6.10. The van der Waals surface area contributed by atoms with Gasteiger partial charge in [-0.15, -0.1) is 0 Å². The first-order chi connectivity index (χ1) is 6.77. The summed E-state index contributed by atoms with van der Waals surface area (Å²) in [5, 5.41) is 3.35. The van der Waals surface area contributed by atoms with Gasteiger partial charge in [-0.3, -0.25) is 0 Å². The van der Waals surface area contributed by atoms with Crippen molar-refractivity contribution >= 4 is 0 Å². The molecule has 1 unspecified atom stereocenters. The van der Waals surface area contributed by atoms with Crippen molar-refractivity contribution in [2.45, 2.75) is 46.6 Å². The van der Waals surface area contributed by atoms with Crippen LogP contribution in [0.25, 0.3) is 0 Å². The lowest BCUT2D eigenvalue weighted by Crippen LogP contribution is -2.38. The Kier molecular flexibility index (Phi) is 3.44. The smallest absolute Gasteiger partial charge is 0.0371 e. The maximum absolute atomic E-state index is 3.35. The Labute approximate surface area is 94.6 Å². The molecule has 1 N–H and O–H groups in total. The summed E-state index contributed by atoms with van der Waals surface area (Å²) in [7, 11) is 2.02. The molecule has 0 spiro atoms. The van der Waals surface area contributed by atoms with Gasteiger partial charge >= 0.3 is 0 Å². The van der Waals surface area contributed by atoms with E-state index in [1.54, 1.807) is 0 Å². The minimum atomic E-state index is 0.0966. The third-order valence-electron chi connectivity index (χ3n) is 3.56. The second kappa shape index (κ2) is 4.13. The molecule has 1 aliphatic carbocycles. The fourth-order valence-corrected chi connectivity index (χ4v) is 1.87. The van der Waals surface area contributed by atoms with Crippen molar-refractivity contribution in [1.82, 2.24) is 5.32 Å². The van der Waals surface area contributed by atoms with E-state index < -0.39 is 0 Å². The monoisotopic (exact) mass is 207 g/mol. The van der Waals surface area contributed by atoms with Crippen LogP contribution < -0.4 is 5.32 Å². The lowest BCUT2D eigenvalue weighted by Gasteiger charge is -2.33. The SMILES string of the molecule is CNC(C)(C)C1=CCC(C(C)(C)C)C=C1. The van der Waals surface area contributed by atoms with Gasteiger partial charge in [0.25, 0.3) is 0 Å². The Morgan fingerprint density at radius 2 is 1.80 bits per heavy atom. The molecular weight excluding hydrogens is 182 g/mol. The molecule has 0 saturated carbocycles. The van der Waals surface area contributed by atoms with Gasteiger partial charge in [-0.2, -0.15) is 0 Å². The van der Waals surface area contributed by atoms with Crippen LogP contribution in [0.4, 0.5) is 0 Å². The Morgan fingerprint density at radius 1 is 1.20 bits per heavy atom. The zero-order chi connectivity index (χ0) is 11.7. The summed E-state index contributed by atoms with van der Waals surface area (Å²) in [6, 6.07) is 0. The van der Waals surface area contributed by atoms with Crippen LogP contribution in [0, 0.1) is 11.3 Å². The van der Waals surface area contributed by atoms with Crippen molar-refractivity contribution in [3.05, 3.63) is 23.8 Å². The van der Waals surface area contributed by atoms with Crippen LogP contribution in [0.1, 0.15) is 41.0 Å². The molecule has 1 rings (SSSR count). The highest BCUT2D eigenvalue weighted by Gasteiger charge is 2.26. The molecule has 0 fully saturated rings. The predicted octanol–water partition coefficient (Wildman–Crippen LogP) is 3.53. The van der Waals surface area contributed by atoms with Crippen LogP contribution in [0.15, 0.2) is 23.8 Å². The molecular formula is C14H25N. The summed E-state index contributed by atoms with van der Waals surface area (Å²) in [5.74, 6) is 0.675. The number of allylic oxidation sites excluding steroid dienone is 2. The summed E-state index contributed by atoms with van der Waals surface area (Å²) in [6.07, 6.45) is 8.21. The predicted molar refractivity (Wildman–Crippen MR) is 67.9 cm³/mol. The maximum Gasteiger partial charge on any atom is 0.0371 e. The lowest BCUT2D eigenvalue weighted by molar-refractivity contribution is 0.291. The van der Waals surface area contributed by atoms with E-state index in [1.165, 1.54) is 12.0 Å². The highest BCUT2D eigenvalue weighted by Crippen LogP contribution is 2.34. The highest BCUT2D eigenvalue weighted by molar-refractivity contribution is 5.33. The van der Waals surface area contributed by atoms with E-state index in [2.05, 4.69) is 58.2 Å². The molecule has 15 heavy (non-hydrogen) atoms. The third kappa shape index (κ3) is 2.94. The number of nitrogens with one attached hydrogen (secondary N) is 1. The Morgan fingerprint density at radius 3 is 2.13 bits per heavy atom. The molecule has 0 aromatic heterocycles. The van der Waals surface area contributed by atoms with E-state index in [4.69, 9.17) is 0 Å². The lowest BCUT2D eigenvalue weighted by atomic mass is 9.75. The van der Waals surface area contributed by atoms with Crippen molar-refractivity contribution in [3.63, 3.8) is 0 Å². The largest absolute Gasteiger partial charge is 0.311 e. The molecule has 0 heterocycles. The summed E-state index contributed by atoms with van der Waals surface area (Å²) < 4.78 is 0. The van der Waals surface area contributed by atoms with Crippen molar-refractivity contribution in [2.75, 3.05) is 7.05 Å². The van der Waals surface area contributed by atoms with Crippen LogP contribution in [0.2, 0.25) is 0 Å². The molecule has 1 aliphatic rings. The Balaban J connectivity index is 2.74. The first-order valence-corrected chi connectivity index (χ1v) is 5.85. The van der Waals surface area contributed by atoms with E-state index in [9.17, 15) is 0 Å². The first kappa shape index (κ1) is 12.5. The van der Waals surface area contributed by atoms with E-state index in [0.29, 0.717) is 11.3 Å². The molecule has 0 radical (unpaired) electrons. The van der Waals surface area contributed by atoms with Gasteiger partial charge in [-0.05, 0) is 44.2 Å². The summed E-state index contributed by atoms with van der Waals surface area (Å²) in [6.45, 7) is 11.4. The van der Waals surface area contributed by atoms with E-state index in [1.807, 2.05) is 7.05 Å². The Hall–Kier alpha value is -0.560. The number of hydrogen-bond donors (Lipinski definition) is 1. The Bertz CT molecular complexity index is 276. The minimum absolute atomic E-state index is 0.0966. The van der Waals surface area contributed by atoms with E-state index >= 15 is 0 Å². The average Bonchev–Trinajstić information content (AvgIpc) is 2.17. The van der Waals surface area contributed by atoms with E-state index in [0.717, 1.165) is 0 Å². The normalized spacial score (nSPS) is 22.8. The fourth-order valence-electron chi connectivity index (χ4n) is 1.87. The zero-order valence-corrected chi connectivity index (χ0v) is 11.0. The van der Waals surface area contributed by atoms with Crippen LogP contribution in [-0.4, -0.2) is 12.6 Å². The first-order valence-electron chi connectivity index (χ1n) is 5.85. The van der Waals surface area contributed by atoms with Gasteiger partial charge in [0.2, 0.25) is 0 Å². The van der Waals surface area contributed by atoms with Gasteiger partial charge < -0.3 is 5.32 Å². The average molecular weight is 207 g/mol. The number of rotatable bonds is 2. The molecule has 0 aromatic rings. The molecule has 0 bridgehead atoms. The number of hydrogen-bond acceptors (Lipinski definition) is 1. The molecule has 1 atom stereocenters. The van der Waals surface area contributed by atoms with Gasteiger partial charge in [0.1, 0.15) is 0 Å². The molecule has 1 nitrogen and oxygen atoms in total. The zero-order valence-electron chi connectivity index (χ0n) is 11.0. The quantitative estimate of drug-likeness (QED) is 0.730. The summed E-state index contributed by atoms with van der Waals surface area (Å²) in [5.41, 5.74) is 1.88. The van der Waals surface area contributed by atoms with Crippen LogP contribution >= 0.6 is 0 Å². The van der Waals surface area contributed by atoms with Crippen molar-refractivity contribution in [1.29, 1.82) is 0 Å². The minimum Gasteiger partial charge on any atom is -0.311 e. The molecule has 86 valence electrons. The standard InChI is InChI=1S/C14H25N/c1-13(2,3)11-7-9-12(10-8-11)14(4,5)15-6/h7,9-11,15H,8H2,1-6H3. The maximum atomic E-state index is 3.35. The van der Waals surface area contributed by atoms with Gasteiger partial charge in [-0.25, -0.2) is 0 Å². The van der Waals surface area contributed by atoms with Gasteiger partial charge in [-0.1, -0.05) is 39.0 Å².